The normalized spacial score (nSPS) is 25.9. The molecule has 1 aliphatic heterocycles. The number of nitrogens with one attached hydrogen (secondary N) is 1. The fourth-order valence-corrected chi connectivity index (χ4v) is 3.14. The summed E-state index contributed by atoms with van der Waals surface area (Å²) in [4.78, 5) is 2.73. The van der Waals surface area contributed by atoms with Crippen LogP contribution in [0.2, 0.25) is 0 Å². The van der Waals surface area contributed by atoms with Gasteiger partial charge in [-0.3, -0.25) is 4.90 Å². The zero-order chi connectivity index (χ0) is 12.2. The van der Waals surface area contributed by atoms with Gasteiger partial charge in [0.2, 0.25) is 0 Å². The SMILES string of the molecule is c1ccc(CC2CNCCN2CC2CCC2)cc1. The largest absolute Gasteiger partial charge is 0.314 e. The van der Waals surface area contributed by atoms with E-state index in [0.29, 0.717) is 6.04 Å². The van der Waals surface area contributed by atoms with E-state index in [9.17, 15) is 0 Å². The highest BCUT2D eigenvalue weighted by atomic mass is 15.2. The van der Waals surface area contributed by atoms with Crippen LogP contribution in [-0.4, -0.2) is 37.1 Å². The van der Waals surface area contributed by atoms with Gasteiger partial charge in [-0.05, 0) is 30.7 Å². The van der Waals surface area contributed by atoms with Crippen molar-refractivity contribution in [3.63, 3.8) is 0 Å². The van der Waals surface area contributed by atoms with E-state index in [1.165, 1.54) is 44.3 Å². The number of hydrogen-bond acceptors (Lipinski definition) is 2. The molecule has 0 bridgehead atoms. The molecule has 1 aliphatic carbocycles. The molecule has 1 N–H and O–H groups in total. The van der Waals surface area contributed by atoms with Crippen molar-refractivity contribution in [3.8, 4) is 0 Å². The Morgan fingerprint density at radius 1 is 1.17 bits per heavy atom. The van der Waals surface area contributed by atoms with Gasteiger partial charge in [-0.1, -0.05) is 36.8 Å². The second kappa shape index (κ2) is 5.85. The van der Waals surface area contributed by atoms with Crippen molar-refractivity contribution in [3.05, 3.63) is 35.9 Å². The smallest absolute Gasteiger partial charge is 0.0261 e. The van der Waals surface area contributed by atoms with Gasteiger partial charge < -0.3 is 5.32 Å². The van der Waals surface area contributed by atoms with Gasteiger partial charge in [-0.2, -0.15) is 0 Å². The molecule has 98 valence electrons. The molecule has 0 spiro atoms. The molecule has 2 aliphatic rings. The minimum absolute atomic E-state index is 0.696. The van der Waals surface area contributed by atoms with Crippen molar-refractivity contribution >= 4 is 0 Å². The maximum atomic E-state index is 3.55. The van der Waals surface area contributed by atoms with Gasteiger partial charge in [0.1, 0.15) is 0 Å². The first-order chi connectivity index (χ1) is 8.92. The molecule has 0 radical (unpaired) electrons. The van der Waals surface area contributed by atoms with Crippen molar-refractivity contribution in [1.29, 1.82) is 0 Å². The molecule has 2 nitrogen and oxygen atoms in total. The number of nitrogens with zero attached hydrogens (tertiary/aromatic N) is 1. The molecule has 2 fully saturated rings. The Morgan fingerprint density at radius 2 is 2.00 bits per heavy atom. The van der Waals surface area contributed by atoms with Crippen molar-refractivity contribution in [2.45, 2.75) is 31.7 Å². The Bertz CT molecular complexity index is 359. The second-order valence-electron chi connectivity index (χ2n) is 5.84. The summed E-state index contributed by atoms with van der Waals surface area (Å²) in [6, 6.07) is 11.6. The standard InChI is InChI=1S/C16H24N2/c1-2-5-14(6-3-1)11-16-12-17-9-10-18(16)13-15-7-4-8-15/h1-3,5-6,15-17H,4,7-13H2. The predicted molar refractivity (Wildman–Crippen MR) is 75.7 cm³/mol. The molecule has 18 heavy (non-hydrogen) atoms. The van der Waals surface area contributed by atoms with Crippen molar-refractivity contribution in [2.24, 2.45) is 5.92 Å². The van der Waals surface area contributed by atoms with Crippen LogP contribution in [0.3, 0.4) is 0 Å². The highest BCUT2D eigenvalue weighted by molar-refractivity contribution is 5.16. The topological polar surface area (TPSA) is 15.3 Å². The molecule has 1 saturated heterocycles. The highest BCUT2D eigenvalue weighted by Crippen LogP contribution is 2.28. The quantitative estimate of drug-likeness (QED) is 0.874. The summed E-state index contributed by atoms with van der Waals surface area (Å²) in [5.74, 6) is 0.987. The summed E-state index contributed by atoms with van der Waals surface area (Å²) in [6.45, 7) is 4.88. The minimum Gasteiger partial charge on any atom is -0.314 e. The monoisotopic (exact) mass is 244 g/mol. The zero-order valence-electron chi connectivity index (χ0n) is 11.1. The van der Waals surface area contributed by atoms with E-state index in [1.807, 2.05) is 0 Å². The van der Waals surface area contributed by atoms with Gasteiger partial charge in [0.05, 0.1) is 0 Å². The summed E-state index contributed by atoms with van der Waals surface area (Å²) in [7, 11) is 0. The fourth-order valence-electron chi connectivity index (χ4n) is 3.14. The Morgan fingerprint density at radius 3 is 2.72 bits per heavy atom. The number of benzene rings is 1. The number of rotatable bonds is 4. The van der Waals surface area contributed by atoms with Gasteiger partial charge in [-0.15, -0.1) is 0 Å². The van der Waals surface area contributed by atoms with Crippen LogP contribution in [0.5, 0.6) is 0 Å². The zero-order valence-corrected chi connectivity index (χ0v) is 11.1. The first kappa shape index (κ1) is 12.2. The maximum Gasteiger partial charge on any atom is 0.0261 e. The summed E-state index contributed by atoms with van der Waals surface area (Å²) in [5, 5.41) is 3.55. The predicted octanol–water partition coefficient (Wildman–Crippen LogP) is 2.30. The molecule has 1 aromatic rings. The highest BCUT2D eigenvalue weighted by Gasteiger charge is 2.27. The van der Waals surface area contributed by atoms with Crippen LogP contribution >= 0.6 is 0 Å². The van der Waals surface area contributed by atoms with E-state index in [-0.39, 0.29) is 0 Å². The Labute approximate surface area is 110 Å². The van der Waals surface area contributed by atoms with Crippen LogP contribution in [0.15, 0.2) is 30.3 Å². The average molecular weight is 244 g/mol. The van der Waals surface area contributed by atoms with Crippen molar-refractivity contribution < 1.29 is 0 Å². The minimum atomic E-state index is 0.696. The van der Waals surface area contributed by atoms with Crippen molar-refractivity contribution in [1.82, 2.24) is 10.2 Å². The van der Waals surface area contributed by atoms with Crippen LogP contribution in [0, 0.1) is 5.92 Å². The molecule has 2 heteroatoms. The lowest BCUT2D eigenvalue weighted by Crippen LogP contribution is -2.53. The Balaban J connectivity index is 1.60. The molecule has 3 rings (SSSR count). The van der Waals surface area contributed by atoms with Crippen LogP contribution in [0.4, 0.5) is 0 Å². The molecule has 1 atom stereocenters. The molecule has 1 aromatic carbocycles. The summed E-state index contributed by atoms with van der Waals surface area (Å²) in [5.41, 5.74) is 1.48. The van der Waals surface area contributed by atoms with Crippen LogP contribution in [0.25, 0.3) is 0 Å². The first-order valence-electron chi connectivity index (χ1n) is 7.40. The Kier molecular flexibility index (Phi) is 3.96. The van der Waals surface area contributed by atoms with E-state index in [2.05, 4.69) is 40.5 Å². The molecule has 1 unspecified atom stereocenters. The van der Waals surface area contributed by atoms with Crippen LogP contribution in [-0.2, 0) is 6.42 Å². The third kappa shape index (κ3) is 2.93. The lowest BCUT2D eigenvalue weighted by molar-refractivity contribution is 0.110. The molecule has 0 aromatic heterocycles. The number of hydrogen-bond donors (Lipinski definition) is 1. The summed E-state index contributed by atoms with van der Waals surface area (Å²) < 4.78 is 0. The molecule has 1 saturated carbocycles. The van der Waals surface area contributed by atoms with E-state index < -0.39 is 0 Å². The van der Waals surface area contributed by atoms with Gasteiger partial charge in [0.25, 0.3) is 0 Å². The molecule has 0 amide bonds. The van der Waals surface area contributed by atoms with E-state index >= 15 is 0 Å². The lowest BCUT2D eigenvalue weighted by Gasteiger charge is -2.40. The molecular formula is C16H24N2. The second-order valence-corrected chi connectivity index (χ2v) is 5.84. The maximum absolute atomic E-state index is 3.55. The Hall–Kier alpha value is -0.860. The first-order valence-corrected chi connectivity index (χ1v) is 7.40. The fraction of sp³-hybridized carbons (Fsp3) is 0.625. The number of piperazine rings is 1. The van der Waals surface area contributed by atoms with Gasteiger partial charge in [-0.25, -0.2) is 0 Å². The third-order valence-electron chi connectivity index (χ3n) is 4.50. The molecular weight excluding hydrogens is 220 g/mol. The molecule has 1 heterocycles. The van der Waals surface area contributed by atoms with Crippen LogP contribution in [0.1, 0.15) is 24.8 Å². The van der Waals surface area contributed by atoms with Gasteiger partial charge in [0, 0.05) is 32.2 Å². The third-order valence-corrected chi connectivity index (χ3v) is 4.50. The van der Waals surface area contributed by atoms with E-state index in [0.717, 1.165) is 19.0 Å². The lowest BCUT2D eigenvalue weighted by atomic mass is 9.84. The summed E-state index contributed by atoms with van der Waals surface area (Å²) >= 11 is 0. The summed E-state index contributed by atoms with van der Waals surface area (Å²) in [6.07, 6.45) is 5.57. The van der Waals surface area contributed by atoms with Gasteiger partial charge >= 0.3 is 0 Å². The van der Waals surface area contributed by atoms with E-state index in [4.69, 9.17) is 0 Å². The van der Waals surface area contributed by atoms with Crippen LogP contribution < -0.4 is 5.32 Å². The van der Waals surface area contributed by atoms with E-state index in [1.54, 1.807) is 0 Å². The van der Waals surface area contributed by atoms with Crippen molar-refractivity contribution in [2.75, 3.05) is 26.2 Å². The van der Waals surface area contributed by atoms with Gasteiger partial charge in [0.15, 0.2) is 0 Å². The average Bonchev–Trinajstić information content (AvgIpc) is 2.37.